The first kappa shape index (κ1) is 17.7. The average Bonchev–Trinajstić information content (AvgIpc) is 2.51. The van der Waals surface area contributed by atoms with Crippen molar-refractivity contribution in [3.8, 4) is 0 Å². The quantitative estimate of drug-likeness (QED) is 0.560. The zero-order valence-electron chi connectivity index (χ0n) is 13.7. The van der Waals surface area contributed by atoms with Gasteiger partial charge >= 0.3 is 5.97 Å². The molecule has 0 fully saturated rings. The largest absolute Gasteiger partial charge is 0.469 e. The van der Waals surface area contributed by atoms with Crippen molar-refractivity contribution in [2.45, 2.75) is 39.3 Å². The van der Waals surface area contributed by atoms with Crippen molar-refractivity contribution in [3.05, 3.63) is 35.4 Å². The minimum absolute atomic E-state index is 0.195. The molecule has 1 rings (SSSR count). The molecule has 4 nitrogen and oxygen atoms in total. The van der Waals surface area contributed by atoms with E-state index in [0.717, 1.165) is 30.8 Å². The van der Waals surface area contributed by atoms with Gasteiger partial charge < -0.3 is 15.0 Å². The maximum absolute atomic E-state index is 11.4. The minimum atomic E-state index is -0.195. The van der Waals surface area contributed by atoms with Crippen LogP contribution < -0.4 is 5.32 Å². The molecule has 1 unspecified atom stereocenters. The van der Waals surface area contributed by atoms with Crippen molar-refractivity contribution < 1.29 is 9.53 Å². The number of rotatable bonds is 9. The summed E-state index contributed by atoms with van der Waals surface area (Å²) in [4.78, 5) is 13.8. The van der Waals surface area contributed by atoms with E-state index in [1.54, 1.807) is 0 Å². The predicted octanol–water partition coefficient (Wildman–Crippen LogP) is 2.22. The Morgan fingerprint density at radius 3 is 2.62 bits per heavy atom. The third-order valence-electron chi connectivity index (χ3n) is 3.98. The molecule has 0 aliphatic heterocycles. The topological polar surface area (TPSA) is 41.6 Å². The van der Waals surface area contributed by atoms with Crippen molar-refractivity contribution >= 4 is 5.97 Å². The molecule has 0 aromatic heterocycles. The lowest BCUT2D eigenvalue weighted by molar-refractivity contribution is -0.139. The summed E-state index contributed by atoms with van der Waals surface area (Å²) in [5.41, 5.74) is 2.20. The van der Waals surface area contributed by atoms with Crippen molar-refractivity contribution in [3.63, 3.8) is 0 Å². The smallest absolute Gasteiger partial charge is 0.309 e. The van der Waals surface area contributed by atoms with E-state index in [-0.39, 0.29) is 5.97 Å². The van der Waals surface area contributed by atoms with Gasteiger partial charge in [-0.3, -0.25) is 4.79 Å². The van der Waals surface area contributed by atoms with Crippen LogP contribution in [-0.4, -0.2) is 44.2 Å². The van der Waals surface area contributed by atoms with Gasteiger partial charge in [0.25, 0.3) is 0 Å². The highest BCUT2D eigenvalue weighted by molar-refractivity contribution is 5.72. The molecule has 1 N–H and O–H groups in total. The summed E-state index contributed by atoms with van der Waals surface area (Å²) in [6.07, 6.45) is 1.50. The van der Waals surface area contributed by atoms with Gasteiger partial charge in [0.15, 0.2) is 0 Å². The number of methoxy groups -OCH3 is 1. The number of benzene rings is 1. The van der Waals surface area contributed by atoms with Crippen LogP contribution in [0, 0.1) is 0 Å². The molecule has 0 heterocycles. The lowest BCUT2D eigenvalue weighted by atomic mass is 10.0. The fourth-order valence-electron chi connectivity index (χ4n) is 2.14. The number of nitrogens with zero attached hydrogens (tertiary/aromatic N) is 1. The van der Waals surface area contributed by atoms with Crippen LogP contribution in [-0.2, 0) is 22.5 Å². The van der Waals surface area contributed by atoms with E-state index in [1.807, 2.05) is 18.2 Å². The molecular weight excluding hydrogens is 264 g/mol. The molecule has 118 valence electrons. The van der Waals surface area contributed by atoms with Gasteiger partial charge in [0.2, 0.25) is 0 Å². The Morgan fingerprint density at radius 2 is 2.00 bits per heavy atom. The Hall–Kier alpha value is -1.39. The van der Waals surface area contributed by atoms with Gasteiger partial charge in [-0.2, -0.15) is 0 Å². The number of hydrogen-bond acceptors (Lipinski definition) is 4. The molecule has 0 aliphatic rings. The van der Waals surface area contributed by atoms with Gasteiger partial charge in [-0.1, -0.05) is 31.2 Å². The second kappa shape index (κ2) is 9.53. The normalized spacial score (nSPS) is 12.4. The van der Waals surface area contributed by atoms with Crippen LogP contribution in [0.2, 0.25) is 0 Å². The van der Waals surface area contributed by atoms with E-state index in [1.165, 1.54) is 13.5 Å². The number of carbonyl (C=O) groups excluding carboxylic acids is 1. The zero-order valence-corrected chi connectivity index (χ0v) is 13.7. The first-order valence-electron chi connectivity index (χ1n) is 7.63. The molecule has 1 atom stereocenters. The van der Waals surface area contributed by atoms with Gasteiger partial charge in [-0.25, -0.2) is 0 Å². The number of hydrogen-bond donors (Lipinski definition) is 1. The third-order valence-corrected chi connectivity index (χ3v) is 3.98. The van der Waals surface area contributed by atoms with Crippen LogP contribution in [0.4, 0.5) is 0 Å². The van der Waals surface area contributed by atoms with Gasteiger partial charge in [-0.05, 0) is 31.5 Å². The standard InChI is InChI=1S/C17H28N2O2/c1-5-14(2)19(3)11-10-18-13-16-9-7-6-8-15(16)12-17(20)21-4/h6-9,14,18H,5,10-13H2,1-4H3. The third kappa shape index (κ3) is 6.27. The predicted molar refractivity (Wildman–Crippen MR) is 86.3 cm³/mol. The van der Waals surface area contributed by atoms with Crippen molar-refractivity contribution in [2.75, 3.05) is 27.2 Å². The summed E-state index contributed by atoms with van der Waals surface area (Å²) in [6.45, 7) is 7.19. The van der Waals surface area contributed by atoms with Crippen LogP contribution >= 0.6 is 0 Å². The summed E-state index contributed by atoms with van der Waals surface area (Å²) in [5.74, 6) is -0.195. The highest BCUT2D eigenvalue weighted by Crippen LogP contribution is 2.10. The van der Waals surface area contributed by atoms with Crippen LogP contribution in [0.5, 0.6) is 0 Å². The molecule has 0 bridgehead atoms. The van der Waals surface area contributed by atoms with E-state index in [9.17, 15) is 4.79 Å². The lowest BCUT2D eigenvalue weighted by Crippen LogP contribution is -2.34. The Morgan fingerprint density at radius 1 is 1.33 bits per heavy atom. The number of ether oxygens (including phenoxy) is 1. The minimum Gasteiger partial charge on any atom is -0.469 e. The van der Waals surface area contributed by atoms with Crippen molar-refractivity contribution in [1.29, 1.82) is 0 Å². The molecule has 0 saturated heterocycles. The summed E-state index contributed by atoms with van der Waals surface area (Å²) >= 11 is 0. The SMILES string of the molecule is CCC(C)N(C)CCNCc1ccccc1CC(=O)OC. The van der Waals surface area contributed by atoms with E-state index >= 15 is 0 Å². The maximum atomic E-state index is 11.4. The summed E-state index contributed by atoms with van der Waals surface area (Å²) < 4.78 is 4.74. The van der Waals surface area contributed by atoms with E-state index in [0.29, 0.717) is 12.5 Å². The summed E-state index contributed by atoms with van der Waals surface area (Å²) in [7, 11) is 3.58. The fourth-order valence-corrected chi connectivity index (χ4v) is 2.14. The Kier molecular flexibility index (Phi) is 8.01. The lowest BCUT2D eigenvalue weighted by Gasteiger charge is -2.23. The van der Waals surface area contributed by atoms with Crippen LogP contribution in [0.3, 0.4) is 0 Å². The van der Waals surface area contributed by atoms with Gasteiger partial charge in [0.05, 0.1) is 13.5 Å². The molecule has 1 aromatic carbocycles. The Bertz CT molecular complexity index is 435. The molecular formula is C17H28N2O2. The van der Waals surface area contributed by atoms with E-state index < -0.39 is 0 Å². The average molecular weight is 292 g/mol. The monoisotopic (exact) mass is 292 g/mol. The van der Waals surface area contributed by atoms with E-state index in [4.69, 9.17) is 4.74 Å². The molecule has 0 saturated carbocycles. The zero-order chi connectivity index (χ0) is 15.7. The van der Waals surface area contributed by atoms with Crippen LogP contribution in [0.25, 0.3) is 0 Å². The molecule has 4 heteroatoms. The Balaban J connectivity index is 2.43. The second-order valence-electron chi connectivity index (χ2n) is 5.44. The van der Waals surface area contributed by atoms with Crippen molar-refractivity contribution in [1.82, 2.24) is 10.2 Å². The summed E-state index contributed by atoms with van der Waals surface area (Å²) in [5, 5.41) is 3.45. The highest BCUT2D eigenvalue weighted by Gasteiger charge is 2.08. The number of nitrogens with one attached hydrogen (secondary N) is 1. The highest BCUT2D eigenvalue weighted by atomic mass is 16.5. The first-order valence-corrected chi connectivity index (χ1v) is 7.63. The molecule has 0 spiro atoms. The first-order chi connectivity index (χ1) is 10.1. The van der Waals surface area contributed by atoms with Crippen LogP contribution in [0.1, 0.15) is 31.4 Å². The second-order valence-corrected chi connectivity index (χ2v) is 5.44. The molecule has 0 amide bonds. The maximum Gasteiger partial charge on any atom is 0.309 e. The van der Waals surface area contributed by atoms with E-state index in [2.05, 4.69) is 37.2 Å². The number of likely N-dealkylation sites (N-methyl/N-ethyl adjacent to an activating group) is 1. The Labute approximate surface area is 128 Å². The van der Waals surface area contributed by atoms with Crippen molar-refractivity contribution in [2.24, 2.45) is 0 Å². The summed E-state index contributed by atoms with van der Waals surface area (Å²) in [6, 6.07) is 8.61. The van der Waals surface area contributed by atoms with Crippen LogP contribution in [0.15, 0.2) is 24.3 Å². The van der Waals surface area contributed by atoms with Gasteiger partial charge in [0, 0.05) is 25.7 Å². The molecule has 0 aliphatic carbocycles. The fraction of sp³-hybridized carbons (Fsp3) is 0.588. The molecule has 0 radical (unpaired) electrons. The van der Waals surface area contributed by atoms with Gasteiger partial charge in [0.1, 0.15) is 0 Å². The van der Waals surface area contributed by atoms with Gasteiger partial charge in [-0.15, -0.1) is 0 Å². The number of esters is 1. The number of carbonyl (C=O) groups is 1. The molecule has 21 heavy (non-hydrogen) atoms. The molecule has 1 aromatic rings.